The molecule has 2 aromatic rings. The molecule has 0 aliphatic rings. The van der Waals surface area contributed by atoms with E-state index in [0.717, 1.165) is 4.47 Å². The van der Waals surface area contributed by atoms with Crippen molar-refractivity contribution in [2.24, 2.45) is 5.73 Å². The van der Waals surface area contributed by atoms with Gasteiger partial charge in [0.05, 0.1) is 10.7 Å². The average Bonchev–Trinajstić information content (AvgIpc) is 2.34. The van der Waals surface area contributed by atoms with Crippen LogP contribution in [0.1, 0.15) is 5.56 Å². The van der Waals surface area contributed by atoms with Crippen molar-refractivity contribution in [1.82, 2.24) is 0 Å². The van der Waals surface area contributed by atoms with E-state index in [9.17, 15) is 4.39 Å². The van der Waals surface area contributed by atoms with Crippen molar-refractivity contribution in [3.63, 3.8) is 0 Å². The summed E-state index contributed by atoms with van der Waals surface area (Å²) in [5.74, 6) is -0.388. The zero-order chi connectivity index (χ0) is 14.0. The Morgan fingerprint density at radius 2 is 1.89 bits per heavy atom. The van der Waals surface area contributed by atoms with Crippen molar-refractivity contribution in [2.45, 2.75) is 0 Å². The normalized spacial score (nSPS) is 10.3. The number of thiocarbonyl (C=S) groups is 1. The summed E-state index contributed by atoms with van der Waals surface area (Å²) in [4.78, 5) is 0.266. The topological polar surface area (TPSA) is 38.0 Å². The quantitative estimate of drug-likeness (QED) is 0.785. The molecule has 19 heavy (non-hydrogen) atoms. The number of hydrogen-bond acceptors (Lipinski definition) is 2. The smallest absolute Gasteiger partial charge is 0.124 e. The molecule has 0 radical (unpaired) electrons. The van der Waals surface area contributed by atoms with Gasteiger partial charge in [0.25, 0.3) is 0 Å². The molecular weight excluding hydrogens is 351 g/mol. The van der Waals surface area contributed by atoms with Crippen LogP contribution in [-0.2, 0) is 0 Å². The standard InChI is InChI=1S/C13H9BrClFN2S/c14-7-1-3-11(9(5-7)13(17)19)18-12-4-2-8(16)6-10(12)15/h1-6,18H,(H2,17,19). The molecule has 0 aliphatic carbocycles. The number of nitrogens with two attached hydrogens (primary N) is 1. The van der Waals surface area contributed by atoms with Crippen LogP contribution in [0.15, 0.2) is 40.9 Å². The van der Waals surface area contributed by atoms with Gasteiger partial charge in [0.2, 0.25) is 0 Å². The van der Waals surface area contributed by atoms with E-state index in [-0.39, 0.29) is 15.8 Å². The first-order valence-electron chi connectivity index (χ1n) is 5.29. The lowest BCUT2D eigenvalue weighted by Gasteiger charge is -2.13. The predicted octanol–water partition coefficient (Wildman–Crippen LogP) is 4.62. The van der Waals surface area contributed by atoms with Crippen molar-refractivity contribution in [3.8, 4) is 0 Å². The third-order valence-corrected chi connectivity index (χ3v) is 3.47. The maximum absolute atomic E-state index is 13.0. The fraction of sp³-hybridized carbons (Fsp3) is 0. The average molecular weight is 360 g/mol. The fourth-order valence-corrected chi connectivity index (χ4v) is 2.31. The molecule has 0 heterocycles. The molecular formula is C13H9BrClFN2S. The van der Waals surface area contributed by atoms with Crippen LogP contribution in [0.4, 0.5) is 15.8 Å². The number of halogens is 3. The number of hydrogen-bond donors (Lipinski definition) is 2. The molecule has 6 heteroatoms. The summed E-state index contributed by atoms with van der Waals surface area (Å²) in [5.41, 5.74) is 7.66. The molecule has 0 aromatic heterocycles. The van der Waals surface area contributed by atoms with Crippen molar-refractivity contribution >= 4 is 56.1 Å². The van der Waals surface area contributed by atoms with Gasteiger partial charge in [-0.25, -0.2) is 4.39 Å². The Morgan fingerprint density at radius 1 is 1.21 bits per heavy atom. The number of anilines is 2. The first-order chi connectivity index (χ1) is 8.97. The van der Waals surface area contributed by atoms with Crippen LogP contribution in [0.3, 0.4) is 0 Å². The molecule has 0 bridgehead atoms. The van der Waals surface area contributed by atoms with Crippen LogP contribution in [0.25, 0.3) is 0 Å². The lowest BCUT2D eigenvalue weighted by molar-refractivity contribution is 0.628. The summed E-state index contributed by atoms with van der Waals surface area (Å²) in [7, 11) is 0. The second-order valence-corrected chi connectivity index (χ2v) is 5.57. The minimum absolute atomic E-state index is 0.266. The zero-order valence-corrected chi connectivity index (χ0v) is 12.7. The van der Waals surface area contributed by atoms with Gasteiger partial charge in [0, 0.05) is 15.7 Å². The molecule has 3 N–H and O–H groups in total. The summed E-state index contributed by atoms with van der Waals surface area (Å²) >= 11 is 14.3. The molecule has 0 aliphatic heterocycles. The minimum Gasteiger partial charge on any atom is -0.389 e. The van der Waals surface area contributed by atoms with E-state index in [0.29, 0.717) is 16.9 Å². The van der Waals surface area contributed by atoms with Crippen molar-refractivity contribution in [3.05, 3.63) is 57.3 Å². The Hall–Kier alpha value is -1.17. The van der Waals surface area contributed by atoms with Gasteiger partial charge < -0.3 is 11.1 Å². The monoisotopic (exact) mass is 358 g/mol. The second kappa shape index (κ2) is 5.86. The van der Waals surface area contributed by atoms with E-state index in [1.54, 1.807) is 6.07 Å². The molecule has 0 unspecified atom stereocenters. The molecule has 2 rings (SSSR count). The lowest BCUT2D eigenvalue weighted by Crippen LogP contribution is -2.12. The van der Waals surface area contributed by atoms with E-state index in [4.69, 9.17) is 29.6 Å². The first kappa shape index (κ1) is 14.2. The molecule has 2 aromatic carbocycles. The van der Waals surface area contributed by atoms with E-state index < -0.39 is 0 Å². The number of rotatable bonds is 3. The second-order valence-electron chi connectivity index (χ2n) is 3.80. The summed E-state index contributed by atoms with van der Waals surface area (Å²) < 4.78 is 13.9. The van der Waals surface area contributed by atoms with Crippen molar-refractivity contribution < 1.29 is 4.39 Å². The maximum Gasteiger partial charge on any atom is 0.124 e. The van der Waals surface area contributed by atoms with E-state index in [1.807, 2.05) is 18.2 Å². The molecule has 0 atom stereocenters. The van der Waals surface area contributed by atoms with E-state index in [2.05, 4.69) is 21.2 Å². The van der Waals surface area contributed by atoms with Gasteiger partial charge in [-0.15, -0.1) is 0 Å². The number of benzene rings is 2. The van der Waals surface area contributed by atoms with Crippen LogP contribution in [0.2, 0.25) is 5.02 Å². The fourth-order valence-electron chi connectivity index (χ4n) is 1.57. The summed E-state index contributed by atoms with van der Waals surface area (Å²) in [6, 6.07) is 9.60. The number of nitrogens with one attached hydrogen (secondary N) is 1. The zero-order valence-electron chi connectivity index (χ0n) is 9.58. The third kappa shape index (κ3) is 3.43. The van der Waals surface area contributed by atoms with Crippen molar-refractivity contribution in [1.29, 1.82) is 0 Å². The lowest BCUT2D eigenvalue weighted by atomic mass is 10.1. The molecule has 98 valence electrons. The van der Waals surface area contributed by atoms with E-state index >= 15 is 0 Å². The van der Waals surface area contributed by atoms with Crippen molar-refractivity contribution in [2.75, 3.05) is 5.32 Å². The van der Waals surface area contributed by atoms with Gasteiger partial charge >= 0.3 is 0 Å². The largest absolute Gasteiger partial charge is 0.389 e. The Labute approximate surface area is 128 Å². The van der Waals surface area contributed by atoms with Gasteiger partial charge in [-0.1, -0.05) is 39.7 Å². The molecule has 0 saturated carbocycles. The van der Waals surface area contributed by atoms with Crippen LogP contribution >= 0.6 is 39.7 Å². The summed E-state index contributed by atoms with van der Waals surface area (Å²) in [6.45, 7) is 0. The summed E-state index contributed by atoms with van der Waals surface area (Å²) in [5, 5.41) is 3.38. The van der Waals surface area contributed by atoms with E-state index in [1.165, 1.54) is 12.1 Å². The highest BCUT2D eigenvalue weighted by atomic mass is 79.9. The highest BCUT2D eigenvalue weighted by Crippen LogP contribution is 2.29. The predicted molar refractivity (Wildman–Crippen MR) is 84.7 cm³/mol. The van der Waals surface area contributed by atoms with Gasteiger partial charge in [-0.2, -0.15) is 0 Å². The Morgan fingerprint density at radius 3 is 2.53 bits per heavy atom. The molecule has 0 spiro atoms. The SMILES string of the molecule is NC(=S)c1cc(Br)ccc1Nc1ccc(F)cc1Cl. The van der Waals surface area contributed by atoms with Crippen LogP contribution in [-0.4, -0.2) is 4.99 Å². The molecule has 2 nitrogen and oxygen atoms in total. The molecule has 0 saturated heterocycles. The molecule has 0 amide bonds. The van der Waals surface area contributed by atoms with Gasteiger partial charge in [-0.05, 0) is 36.4 Å². The Bertz CT molecular complexity index is 649. The highest BCUT2D eigenvalue weighted by Gasteiger charge is 2.08. The van der Waals surface area contributed by atoms with Crippen LogP contribution in [0, 0.1) is 5.82 Å². The summed E-state index contributed by atoms with van der Waals surface area (Å²) in [6.07, 6.45) is 0. The van der Waals surface area contributed by atoms with Gasteiger partial charge in [-0.3, -0.25) is 0 Å². The van der Waals surface area contributed by atoms with Crippen LogP contribution in [0.5, 0.6) is 0 Å². The third-order valence-electron chi connectivity index (χ3n) is 2.45. The first-order valence-corrected chi connectivity index (χ1v) is 6.87. The Kier molecular flexibility index (Phi) is 4.39. The minimum atomic E-state index is -0.388. The van der Waals surface area contributed by atoms with Crippen LogP contribution < -0.4 is 11.1 Å². The maximum atomic E-state index is 13.0. The van der Waals surface area contributed by atoms with Gasteiger partial charge in [0.1, 0.15) is 10.8 Å². The Balaban J connectivity index is 2.40. The molecule has 0 fully saturated rings. The van der Waals surface area contributed by atoms with Gasteiger partial charge in [0.15, 0.2) is 0 Å². The highest BCUT2D eigenvalue weighted by molar-refractivity contribution is 9.10.